The quantitative estimate of drug-likeness (QED) is 0.460. The highest BCUT2D eigenvalue weighted by molar-refractivity contribution is 5.91. The van der Waals surface area contributed by atoms with Crippen LogP contribution in [0.25, 0.3) is 6.08 Å². The van der Waals surface area contributed by atoms with Crippen LogP contribution in [0.5, 0.6) is 0 Å². The first-order valence-corrected chi connectivity index (χ1v) is 6.15. The van der Waals surface area contributed by atoms with Crippen molar-refractivity contribution >= 4 is 18.0 Å². The molecular weight excluding hydrogens is 244 g/mol. The van der Waals surface area contributed by atoms with Gasteiger partial charge in [-0.05, 0) is 30.5 Å². The lowest BCUT2D eigenvalue weighted by atomic mass is 10.2. The van der Waals surface area contributed by atoms with Crippen LogP contribution in [0.3, 0.4) is 0 Å². The predicted molar refractivity (Wildman–Crippen MR) is 72.1 cm³/mol. The van der Waals surface area contributed by atoms with Gasteiger partial charge < -0.3 is 10.1 Å². The molecular formula is C14H18N2O3. The van der Waals surface area contributed by atoms with E-state index in [0.717, 1.165) is 12.0 Å². The molecule has 1 N–H and O–H groups in total. The molecule has 102 valence electrons. The zero-order chi connectivity index (χ0) is 13.9. The molecule has 5 heteroatoms. The number of carbonyl (C=O) groups is 2. The number of hydrogen-bond donors (Lipinski definition) is 1. The number of methoxy groups -OCH3 is 1. The second kappa shape index (κ2) is 8.85. The summed E-state index contributed by atoms with van der Waals surface area (Å²) in [4.78, 5) is 26.2. The predicted octanol–water partition coefficient (Wildman–Crippen LogP) is 1.55. The Morgan fingerprint density at radius 2 is 2.26 bits per heavy atom. The van der Waals surface area contributed by atoms with Crippen molar-refractivity contribution in [3.05, 3.63) is 36.2 Å². The normalized spacial score (nSPS) is 10.4. The number of unbranched alkanes of at least 4 members (excludes halogenated alkanes) is 1. The monoisotopic (exact) mass is 262 g/mol. The molecule has 1 rings (SSSR count). The van der Waals surface area contributed by atoms with E-state index in [4.69, 9.17) is 0 Å². The number of pyridine rings is 1. The van der Waals surface area contributed by atoms with Crippen LogP contribution >= 0.6 is 0 Å². The third kappa shape index (κ3) is 6.98. The highest BCUT2D eigenvalue weighted by Crippen LogP contribution is 1.98. The van der Waals surface area contributed by atoms with Crippen LogP contribution in [-0.2, 0) is 14.3 Å². The molecule has 0 unspecified atom stereocenters. The molecule has 0 aromatic carbocycles. The third-order valence-electron chi connectivity index (χ3n) is 2.45. The van der Waals surface area contributed by atoms with Crippen LogP contribution in [-0.4, -0.2) is 30.5 Å². The van der Waals surface area contributed by atoms with E-state index in [1.165, 1.54) is 13.2 Å². The smallest absolute Gasteiger partial charge is 0.305 e. The van der Waals surface area contributed by atoms with Crippen molar-refractivity contribution in [2.24, 2.45) is 0 Å². The molecule has 1 aromatic rings. The second-order valence-corrected chi connectivity index (χ2v) is 3.94. The summed E-state index contributed by atoms with van der Waals surface area (Å²) in [5.74, 6) is -0.371. The molecule has 0 atom stereocenters. The molecule has 0 fully saturated rings. The zero-order valence-electron chi connectivity index (χ0n) is 11.0. The van der Waals surface area contributed by atoms with Crippen molar-refractivity contribution in [3.8, 4) is 0 Å². The SMILES string of the molecule is COC(=O)CCCCNC(=O)/C=C/c1cccnc1. The summed E-state index contributed by atoms with van der Waals surface area (Å²) in [6.45, 7) is 0.549. The van der Waals surface area contributed by atoms with E-state index >= 15 is 0 Å². The maximum atomic E-state index is 11.5. The molecule has 0 saturated carbocycles. The average Bonchev–Trinajstić information content (AvgIpc) is 2.45. The summed E-state index contributed by atoms with van der Waals surface area (Å²) in [7, 11) is 1.37. The molecule has 0 aliphatic heterocycles. The second-order valence-electron chi connectivity index (χ2n) is 3.94. The summed E-state index contributed by atoms with van der Waals surface area (Å²) in [6.07, 6.45) is 8.38. The van der Waals surface area contributed by atoms with Crippen molar-refractivity contribution in [2.45, 2.75) is 19.3 Å². The van der Waals surface area contributed by atoms with E-state index in [2.05, 4.69) is 15.0 Å². The Morgan fingerprint density at radius 3 is 2.95 bits per heavy atom. The lowest BCUT2D eigenvalue weighted by Gasteiger charge is -2.01. The Balaban J connectivity index is 2.15. The number of aromatic nitrogens is 1. The van der Waals surface area contributed by atoms with Crippen LogP contribution in [0.2, 0.25) is 0 Å². The molecule has 0 aliphatic rings. The molecule has 0 spiro atoms. The van der Waals surface area contributed by atoms with Crippen molar-refractivity contribution in [1.82, 2.24) is 10.3 Å². The fourth-order valence-corrected chi connectivity index (χ4v) is 1.41. The summed E-state index contributed by atoms with van der Waals surface area (Å²) < 4.78 is 4.52. The number of ether oxygens (including phenoxy) is 1. The number of amides is 1. The fourth-order valence-electron chi connectivity index (χ4n) is 1.41. The number of nitrogens with zero attached hydrogens (tertiary/aromatic N) is 1. The summed E-state index contributed by atoms with van der Waals surface area (Å²) in [6, 6.07) is 3.68. The van der Waals surface area contributed by atoms with Gasteiger partial charge in [0, 0.05) is 31.4 Å². The van der Waals surface area contributed by atoms with Gasteiger partial charge in [0.1, 0.15) is 0 Å². The van der Waals surface area contributed by atoms with Gasteiger partial charge in [-0.3, -0.25) is 14.6 Å². The fraction of sp³-hybridized carbons (Fsp3) is 0.357. The van der Waals surface area contributed by atoms with E-state index in [-0.39, 0.29) is 11.9 Å². The Bertz CT molecular complexity index is 430. The molecule has 19 heavy (non-hydrogen) atoms. The van der Waals surface area contributed by atoms with Crippen molar-refractivity contribution in [1.29, 1.82) is 0 Å². The number of rotatable bonds is 7. The number of carbonyl (C=O) groups excluding carboxylic acids is 2. The highest BCUT2D eigenvalue weighted by atomic mass is 16.5. The van der Waals surface area contributed by atoms with E-state index in [1.54, 1.807) is 18.5 Å². The Morgan fingerprint density at radius 1 is 1.42 bits per heavy atom. The van der Waals surface area contributed by atoms with Gasteiger partial charge >= 0.3 is 5.97 Å². The summed E-state index contributed by atoms with van der Waals surface area (Å²) in [5.41, 5.74) is 0.878. The van der Waals surface area contributed by atoms with Gasteiger partial charge in [0.15, 0.2) is 0 Å². The maximum absolute atomic E-state index is 11.5. The minimum atomic E-state index is -0.220. The minimum Gasteiger partial charge on any atom is -0.469 e. The molecule has 1 heterocycles. The van der Waals surface area contributed by atoms with E-state index in [9.17, 15) is 9.59 Å². The molecule has 1 amide bonds. The van der Waals surface area contributed by atoms with Crippen molar-refractivity contribution in [3.63, 3.8) is 0 Å². The lowest BCUT2D eigenvalue weighted by molar-refractivity contribution is -0.140. The van der Waals surface area contributed by atoms with Gasteiger partial charge in [-0.15, -0.1) is 0 Å². The van der Waals surface area contributed by atoms with Crippen LogP contribution in [0, 0.1) is 0 Å². The summed E-state index contributed by atoms with van der Waals surface area (Å²) >= 11 is 0. The van der Waals surface area contributed by atoms with Gasteiger partial charge in [-0.1, -0.05) is 6.07 Å². The first-order chi connectivity index (χ1) is 9.22. The number of nitrogens with one attached hydrogen (secondary N) is 1. The number of hydrogen-bond acceptors (Lipinski definition) is 4. The Hall–Kier alpha value is -2.17. The Labute approximate surface area is 112 Å². The molecule has 0 bridgehead atoms. The van der Waals surface area contributed by atoms with Gasteiger partial charge in [-0.25, -0.2) is 0 Å². The topological polar surface area (TPSA) is 68.3 Å². The van der Waals surface area contributed by atoms with E-state index in [0.29, 0.717) is 19.4 Å². The molecule has 0 radical (unpaired) electrons. The van der Waals surface area contributed by atoms with Gasteiger partial charge in [0.05, 0.1) is 7.11 Å². The molecule has 0 saturated heterocycles. The number of esters is 1. The first-order valence-electron chi connectivity index (χ1n) is 6.15. The van der Waals surface area contributed by atoms with Gasteiger partial charge in [-0.2, -0.15) is 0 Å². The molecule has 1 aromatic heterocycles. The Kier molecular flexibility index (Phi) is 6.94. The van der Waals surface area contributed by atoms with Crippen LogP contribution in [0.15, 0.2) is 30.6 Å². The standard InChI is InChI=1S/C14H18N2O3/c1-19-14(18)6-2-3-10-16-13(17)8-7-12-5-4-9-15-11-12/h4-5,7-9,11H,2-3,6,10H2,1H3,(H,16,17)/b8-7+. The van der Waals surface area contributed by atoms with Crippen LogP contribution < -0.4 is 5.32 Å². The zero-order valence-corrected chi connectivity index (χ0v) is 11.0. The molecule has 5 nitrogen and oxygen atoms in total. The van der Waals surface area contributed by atoms with Crippen LogP contribution in [0.1, 0.15) is 24.8 Å². The van der Waals surface area contributed by atoms with E-state index < -0.39 is 0 Å². The maximum Gasteiger partial charge on any atom is 0.305 e. The third-order valence-corrected chi connectivity index (χ3v) is 2.45. The van der Waals surface area contributed by atoms with Crippen molar-refractivity contribution < 1.29 is 14.3 Å². The van der Waals surface area contributed by atoms with Gasteiger partial charge in [0.25, 0.3) is 0 Å². The van der Waals surface area contributed by atoms with Crippen LogP contribution in [0.4, 0.5) is 0 Å². The largest absolute Gasteiger partial charge is 0.469 e. The first kappa shape index (κ1) is 14.9. The average molecular weight is 262 g/mol. The lowest BCUT2D eigenvalue weighted by Crippen LogP contribution is -2.22. The van der Waals surface area contributed by atoms with Gasteiger partial charge in [0.2, 0.25) is 5.91 Å². The van der Waals surface area contributed by atoms with Crippen molar-refractivity contribution in [2.75, 3.05) is 13.7 Å². The minimum absolute atomic E-state index is 0.151. The highest BCUT2D eigenvalue weighted by Gasteiger charge is 1.99. The summed E-state index contributed by atoms with van der Waals surface area (Å²) in [5, 5.41) is 2.75. The van der Waals surface area contributed by atoms with E-state index in [1.807, 2.05) is 12.1 Å². The molecule has 0 aliphatic carbocycles.